The van der Waals surface area contributed by atoms with Crippen LogP contribution in [0.4, 0.5) is 0 Å². The summed E-state index contributed by atoms with van der Waals surface area (Å²) < 4.78 is 2.32. The van der Waals surface area contributed by atoms with Crippen molar-refractivity contribution < 1.29 is 0 Å². The molecule has 102 valence electrons. The Kier molecular flexibility index (Phi) is 4.09. The summed E-state index contributed by atoms with van der Waals surface area (Å²) in [4.78, 5) is 4.61. The van der Waals surface area contributed by atoms with E-state index in [-0.39, 0.29) is 0 Å². The molecule has 0 aliphatic carbocycles. The van der Waals surface area contributed by atoms with Gasteiger partial charge in [-0.05, 0) is 43.4 Å². The number of nitrogens with zero attached hydrogens (tertiary/aromatic N) is 2. The van der Waals surface area contributed by atoms with E-state index in [9.17, 15) is 0 Å². The van der Waals surface area contributed by atoms with Gasteiger partial charge in [0.1, 0.15) is 5.82 Å². The van der Waals surface area contributed by atoms with Gasteiger partial charge in [0, 0.05) is 19.1 Å². The average Bonchev–Trinajstić information content (AvgIpc) is 2.76. The second-order valence-corrected chi connectivity index (χ2v) is 6.36. The van der Waals surface area contributed by atoms with Gasteiger partial charge in [-0.1, -0.05) is 12.1 Å². The number of thioether (sulfide) groups is 1. The monoisotopic (exact) mass is 275 g/mol. The number of aryl methyl sites for hydroxylation is 1. The fraction of sp³-hybridized carbons (Fsp3) is 0.533. The first-order valence-corrected chi connectivity index (χ1v) is 8.23. The maximum atomic E-state index is 4.61. The van der Waals surface area contributed by atoms with E-state index in [1.165, 1.54) is 29.9 Å². The average molecular weight is 275 g/mol. The molecule has 1 N–H and O–H groups in total. The molecule has 0 radical (unpaired) electrons. The highest BCUT2D eigenvalue weighted by Gasteiger charge is 2.13. The molecule has 1 aromatic heterocycles. The molecule has 1 aliphatic rings. The largest absolute Gasteiger partial charge is 0.327 e. The van der Waals surface area contributed by atoms with Gasteiger partial charge < -0.3 is 9.88 Å². The Balaban J connectivity index is 1.63. The van der Waals surface area contributed by atoms with Crippen molar-refractivity contribution in [3.05, 3.63) is 30.1 Å². The molecule has 4 heteroatoms. The lowest BCUT2D eigenvalue weighted by Gasteiger charge is -2.22. The molecule has 1 saturated heterocycles. The zero-order chi connectivity index (χ0) is 13.1. The maximum Gasteiger partial charge on any atom is 0.106 e. The van der Waals surface area contributed by atoms with Crippen molar-refractivity contribution in [3.63, 3.8) is 0 Å². The minimum Gasteiger partial charge on any atom is -0.327 e. The topological polar surface area (TPSA) is 29.9 Å². The van der Waals surface area contributed by atoms with Crippen LogP contribution in [0.2, 0.25) is 0 Å². The summed E-state index contributed by atoms with van der Waals surface area (Å²) in [7, 11) is 0. The molecule has 0 atom stereocenters. The van der Waals surface area contributed by atoms with Crippen molar-refractivity contribution in [2.24, 2.45) is 0 Å². The van der Waals surface area contributed by atoms with Crippen molar-refractivity contribution in [1.29, 1.82) is 0 Å². The van der Waals surface area contributed by atoms with Crippen LogP contribution in [-0.4, -0.2) is 33.6 Å². The molecule has 2 aromatic rings. The van der Waals surface area contributed by atoms with Crippen molar-refractivity contribution in [2.45, 2.75) is 32.4 Å². The van der Waals surface area contributed by atoms with Gasteiger partial charge in [0.2, 0.25) is 0 Å². The van der Waals surface area contributed by atoms with Crippen LogP contribution < -0.4 is 5.32 Å². The molecule has 3 nitrogen and oxygen atoms in total. The molecular formula is C15H21N3S. The van der Waals surface area contributed by atoms with Gasteiger partial charge in [-0.2, -0.15) is 11.8 Å². The summed E-state index contributed by atoms with van der Waals surface area (Å²) in [5, 5.41) is 3.69. The number of fused-ring (bicyclic) bond motifs is 1. The summed E-state index contributed by atoms with van der Waals surface area (Å²) in [6.45, 7) is 4.14. The molecule has 2 heterocycles. The Labute approximate surface area is 118 Å². The number of hydrogen-bond acceptors (Lipinski definition) is 3. The van der Waals surface area contributed by atoms with E-state index < -0.39 is 0 Å². The van der Waals surface area contributed by atoms with Gasteiger partial charge in [0.15, 0.2) is 0 Å². The third-order valence-electron chi connectivity index (χ3n) is 3.84. The number of imidazole rings is 1. The zero-order valence-corrected chi connectivity index (χ0v) is 12.2. The minimum absolute atomic E-state index is 0.719. The first-order valence-electron chi connectivity index (χ1n) is 7.07. The summed E-state index contributed by atoms with van der Waals surface area (Å²) in [5.74, 6) is 3.73. The normalized spacial score (nSPS) is 17.1. The number of hydrogen-bond donors (Lipinski definition) is 1. The Morgan fingerprint density at radius 2 is 2.11 bits per heavy atom. The standard InChI is InChI=1S/C15H21N3S/c1-12-17-14-4-2-3-5-15(14)18(12)9-8-16-13-6-10-19-11-7-13/h2-5,13,16H,6-11H2,1H3. The van der Waals surface area contributed by atoms with Gasteiger partial charge in [-0.3, -0.25) is 0 Å². The fourth-order valence-electron chi connectivity index (χ4n) is 2.76. The molecule has 19 heavy (non-hydrogen) atoms. The lowest BCUT2D eigenvalue weighted by atomic mass is 10.1. The molecule has 3 rings (SSSR count). The van der Waals surface area contributed by atoms with Gasteiger partial charge in [0.25, 0.3) is 0 Å². The maximum absolute atomic E-state index is 4.61. The quantitative estimate of drug-likeness (QED) is 0.930. The van der Waals surface area contributed by atoms with Gasteiger partial charge >= 0.3 is 0 Å². The summed E-state index contributed by atoms with van der Waals surface area (Å²) in [6, 6.07) is 9.11. The summed E-state index contributed by atoms with van der Waals surface area (Å²) >= 11 is 2.08. The SMILES string of the molecule is Cc1nc2ccccc2n1CCNC1CCSCC1. The van der Waals surface area contributed by atoms with E-state index in [1.54, 1.807) is 0 Å². The number of para-hydroxylation sites is 2. The predicted molar refractivity (Wildman–Crippen MR) is 82.8 cm³/mol. The van der Waals surface area contributed by atoms with E-state index >= 15 is 0 Å². The molecule has 0 spiro atoms. The van der Waals surface area contributed by atoms with E-state index in [0.717, 1.165) is 30.5 Å². The lowest BCUT2D eigenvalue weighted by molar-refractivity contribution is 0.464. The number of benzene rings is 1. The second-order valence-electron chi connectivity index (χ2n) is 5.14. The van der Waals surface area contributed by atoms with Crippen LogP contribution in [0.25, 0.3) is 11.0 Å². The van der Waals surface area contributed by atoms with E-state index in [2.05, 4.69) is 57.8 Å². The number of aromatic nitrogens is 2. The van der Waals surface area contributed by atoms with Gasteiger partial charge in [0.05, 0.1) is 11.0 Å². The fourth-order valence-corrected chi connectivity index (χ4v) is 3.87. The van der Waals surface area contributed by atoms with Crippen LogP contribution in [-0.2, 0) is 6.54 Å². The third-order valence-corrected chi connectivity index (χ3v) is 4.88. The molecule has 1 aliphatic heterocycles. The van der Waals surface area contributed by atoms with Crippen molar-refractivity contribution >= 4 is 22.8 Å². The first kappa shape index (κ1) is 13.0. The predicted octanol–water partition coefficient (Wildman–Crippen LogP) is 2.83. The lowest BCUT2D eigenvalue weighted by Crippen LogP contribution is -2.34. The van der Waals surface area contributed by atoms with Crippen molar-refractivity contribution in [1.82, 2.24) is 14.9 Å². The minimum atomic E-state index is 0.719. The highest BCUT2D eigenvalue weighted by atomic mass is 32.2. The first-order chi connectivity index (χ1) is 9.34. The highest BCUT2D eigenvalue weighted by molar-refractivity contribution is 7.99. The van der Waals surface area contributed by atoms with Crippen molar-refractivity contribution in [3.8, 4) is 0 Å². The molecule has 0 amide bonds. The highest BCUT2D eigenvalue weighted by Crippen LogP contribution is 2.17. The van der Waals surface area contributed by atoms with Gasteiger partial charge in [-0.15, -0.1) is 0 Å². The van der Waals surface area contributed by atoms with Crippen LogP contribution in [0, 0.1) is 6.92 Å². The van der Waals surface area contributed by atoms with Crippen LogP contribution >= 0.6 is 11.8 Å². The summed E-state index contributed by atoms with van der Waals surface area (Å²) in [5.41, 5.74) is 2.36. The molecule has 0 unspecified atom stereocenters. The van der Waals surface area contributed by atoms with Crippen LogP contribution in [0.3, 0.4) is 0 Å². The Bertz CT molecular complexity index is 543. The smallest absolute Gasteiger partial charge is 0.106 e. The Hall–Kier alpha value is -1.00. The van der Waals surface area contributed by atoms with Crippen LogP contribution in [0.1, 0.15) is 18.7 Å². The van der Waals surface area contributed by atoms with E-state index in [4.69, 9.17) is 0 Å². The zero-order valence-electron chi connectivity index (χ0n) is 11.4. The van der Waals surface area contributed by atoms with Crippen LogP contribution in [0.15, 0.2) is 24.3 Å². The molecule has 0 bridgehead atoms. The molecule has 0 saturated carbocycles. The van der Waals surface area contributed by atoms with E-state index in [1.807, 2.05) is 0 Å². The number of nitrogens with one attached hydrogen (secondary N) is 1. The second kappa shape index (κ2) is 5.97. The third kappa shape index (κ3) is 2.95. The molecule has 1 aromatic carbocycles. The van der Waals surface area contributed by atoms with Crippen molar-refractivity contribution in [2.75, 3.05) is 18.1 Å². The molecular weight excluding hydrogens is 254 g/mol. The Morgan fingerprint density at radius 3 is 2.95 bits per heavy atom. The molecule has 1 fully saturated rings. The van der Waals surface area contributed by atoms with Gasteiger partial charge in [-0.25, -0.2) is 4.98 Å². The van der Waals surface area contributed by atoms with E-state index in [0.29, 0.717) is 0 Å². The number of rotatable bonds is 4. The summed E-state index contributed by atoms with van der Waals surface area (Å²) in [6.07, 6.45) is 2.63. The Morgan fingerprint density at radius 1 is 1.32 bits per heavy atom. The van der Waals surface area contributed by atoms with Crippen LogP contribution in [0.5, 0.6) is 0 Å².